The molecule has 0 saturated carbocycles. The van der Waals surface area contributed by atoms with Gasteiger partial charge in [-0.2, -0.15) is 0 Å². The van der Waals surface area contributed by atoms with E-state index in [1.54, 1.807) is 0 Å². The molecular formula is C51H36S. The minimum atomic E-state index is -0.118. The van der Waals surface area contributed by atoms with Gasteiger partial charge in [-0.1, -0.05) is 153 Å². The van der Waals surface area contributed by atoms with Crippen LogP contribution >= 0.6 is 11.3 Å². The SMILES string of the molecule is CC1(C)c2cc(-c3c4ccccc4c(-c4ccc(-c5ccccc5)cc4)c4ccccc34)ccc2-c2c1ccc1c2ccc2sc3c(c21)CCC=C3. The molecule has 1 heterocycles. The summed E-state index contributed by atoms with van der Waals surface area (Å²) in [5.41, 5.74) is 14.7. The molecule has 0 nitrogen and oxygen atoms in total. The topological polar surface area (TPSA) is 0 Å². The second-order valence-electron chi connectivity index (χ2n) is 15.1. The third-order valence-electron chi connectivity index (χ3n) is 11.9. The molecule has 0 radical (unpaired) electrons. The van der Waals surface area contributed by atoms with Crippen molar-refractivity contribution in [3.63, 3.8) is 0 Å². The Morgan fingerprint density at radius 1 is 0.481 bits per heavy atom. The predicted octanol–water partition coefficient (Wildman–Crippen LogP) is 14.6. The van der Waals surface area contributed by atoms with Gasteiger partial charge in [0, 0.05) is 20.4 Å². The fourth-order valence-corrected chi connectivity index (χ4v) is 10.7. The standard InChI is InChI=1S/C51H36S/c1-51(2)43-28-26-40-39(27-29-46-50(40)42-18-10-11-19-45(42)52-46)49(43)41-25-24-34(30-44(41)51)48-37-16-8-6-14-35(37)47(36-15-7-9-17-38(36)48)33-22-20-32(21-23-33)31-12-4-3-5-13-31/h3-9,11-17,19-30H,10,18H2,1-2H3. The zero-order valence-corrected chi connectivity index (χ0v) is 30.2. The molecule has 2 aliphatic carbocycles. The number of rotatable bonds is 3. The summed E-state index contributed by atoms with van der Waals surface area (Å²) in [6.07, 6.45) is 6.93. The molecule has 11 rings (SSSR count). The van der Waals surface area contributed by atoms with E-state index in [4.69, 9.17) is 0 Å². The molecule has 9 aromatic rings. The van der Waals surface area contributed by atoms with Crippen LogP contribution in [0, 0.1) is 0 Å². The van der Waals surface area contributed by atoms with Crippen LogP contribution in [0.5, 0.6) is 0 Å². The van der Waals surface area contributed by atoms with Crippen molar-refractivity contribution in [2.24, 2.45) is 0 Å². The van der Waals surface area contributed by atoms with Crippen LogP contribution in [0.2, 0.25) is 0 Å². The molecule has 8 aromatic carbocycles. The summed E-state index contributed by atoms with van der Waals surface area (Å²) in [4.78, 5) is 1.44. The molecule has 1 aromatic heterocycles. The van der Waals surface area contributed by atoms with Crippen LogP contribution in [0.25, 0.3) is 93.0 Å². The zero-order valence-electron chi connectivity index (χ0n) is 29.3. The van der Waals surface area contributed by atoms with Crippen LogP contribution in [0.4, 0.5) is 0 Å². The van der Waals surface area contributed by atoms with Crippen molar-refractivity contribution in [2.45, 2.75) is 32.1 Å². The largest absolute Gasteiger partial charge is 0.136 e. The number of benzene rings is 8. The van der Waals surface area contributed by atoms with Crippen molar-refractivity contribution in [3.05, 3.63) is 173 Å². The van der Waals surface area contributed by atoms with Crippen molar-refractivity contribution in [1.82, 2.24) is 0 Å². The quantitative estimate of drug-likeness (QED) is 0.163. The van der Waals surface area contributed by atoms with Gasteiger partial charge < -0.3 is 0 Å². The molecule has 0 saturated heterocycles. The van der Waals surface area contributed by atoms with E-state index in [1.807, 2.05) is 11.3 Å². The number of allylic oxidation sites excluding steroid dienone is 1. The number of thiophene rings is 1. The second-order valence-corrected chi connectivity index (χ2v) is 16.2. The molecule has 0 atom stereocenters. The first-order valence-corrected chi connectivity index (χ1v) is 19.3. The maximum Gasteiger partial charge on any atom is 0.0358 e. The molecule has 0 amide bonds. The van der Waals surface area contributed by atoms with Crippen molar-refractivity contribution >= 4 is 59.8 Å². The summed E-state index contributed by atoms with van der Waals surface area (Å²) in [6, 6.07) is 54.8. The van der Waals surface area contributed by atoms with Crippen LogP contribution in [-0.2, 0) is 11.8 Å². The molecule has 0 unspecified atom stereocenters. The van der Waals surface area contributed by atoms with Crippen LogP contribution in [0.15, 0.2) is 152 Å². The van der Waals surface area contributed by atoms with Gasteiger partial charge in [-0.15, -0.1) is 11.3 Å². The van der Waals surface area contributed by atoms with E-state index in [0.29, 0.717) is 0 Å². The Morgan fingerprint density at radius 2 is 1.06 bits per heavy atom. The third kappa shape index (κ3) is 4.21. The summed E-state index contributed by atoms with van der Waals surface area (Å²) in [7, 11) is 0. The van der Waals surface area contributed by atoms with E-state index in [1.165, 1.54) is 108 Å². The predicted molar refractivity (Wildman–Crippen MR) is 226 cm³/mol. The summed E-state index contributed by atoms with van der Waals surface area (Å²) in [6.45, 7) is 4.84. The molecular weight excluding hydrogens is 645 g/mol. The Hall–Kier alpha value is -5.76. The minimum Gasteiger partial charge on any atom is -0.136 e. The van der Waals surface area contributed by atoms with Crippen molar-refractivity contribution in [2.75, 3.05) is 0 Å². The molecule has 0 spiro atoms. The number of fused-ring (bicyclic) bond motifs is 11. The third-order valence-corrected chi connectivity index (χ3v) is 13.1. The van der Waals surface area contributed by atoms with Crippen molar-refractivity contribution in [1.29, 1.82) is 0 Å². The average molecular weight is 681 g/mol. The lowest BCUT2D eigenvalue weighted by Gasteiger charge is -2.23. The van der Waals surface area contributed by atoms with Gasteiger partial charge in [0.15, 0.2) is 0 Å². The zero-order chi connectivity index (χ0) is 34.6. The van der Waals surface area contributed by atoms with Gasteiger partial charge in [-0.05, 0) is 125 Å². The number of hydrogen-bond acceptors (Lipinski definition) is 1. The molecule has 246 valence electrons. The Balaban J connectivity index is 1.11. The molecule has 0 bridgehead atoms. The van der Waals surface area contributed by atoms with Gasteiger partial charge in [0.05, 0.1) is 0 Å². The summed E-state index contributed by atoms with van der Waals surface area (Å²) < 4.78 is 1.41. The number of hydrogen-bond donors (Lipinski definition) is 0. The first kappa shape index (κ1) is 29.9. The van der Waals surface area contributed by atoms with Gasteiger partial charge in [0.25, 0.3) is 0 Å². The van der Waals surface area contributed by atoms with Gasteiger partial charge in [-0.25, -0.2) is 0 Å². The van der Waals surface area contributed by atoms with E-state index in [-0.39, 0.29) is 5.41 Å². The summed E-state index contributed by atoms with van der Waals surface area (Å²) in [5.74, 6) is 0. The fourth-order valence-electron chi connectivity index (χ4n) is 9.49. The highest BCUT2D eigenvalue weighted by atomic mass is 32.1. The first-order valence-electron chi connectivity index (χ1n) is 18.5. The van der Waals surface area contributed by atoms with Gasteiger partial charge >= 0.3 is 0 Å². The lowest BCUT2D eigenvalue weighted by molar-refractivity contribution is 0.661. The van der Waals surface area contributed by atoms with Gasteiger partial charge in [0.2, 0.25) is 0 Å². The van der Waals surface area contributed by atoms with Crippen LogP contribution in [-0.4, -0.2) is 0 Å². The molecule has 2 aliphatic rings. The smallest absolute Gasteiger partial charge is 0.0358 e. The lowest BCUT2D eigenvalue weighted by atomic mass is 9.80. The molecule has 0 aliphatic heterocycles. The monoisotopic (exact) mass is 680 g/mol. The highest BCUT2D eigenvalue weighted by molar-refractivity contribution is 7.20. The number of aryl methyl sites for hydroxylation is 1. The van der Waals surface area contributed by atoms with E-state index in [0.717, 1.165) is 12.8 Å². The van der Waals surface area contributed by atoms with E-state index >= 15 is 0 Å². The van der Waals surface area contributed by atoms with Crippen molar-refractivity contribution in [3.8, 4) is 44.5 Å². The minimum absolute atomic E-state index is 0.118. The maximum atomic E-state index is 2.51. The molecule has 0 N–H and O–H groups in total. The Kier molecular flexibility index (Phi) is 6.40. The molecule has 52 heavy (non-hydrogen) atoms. The van der Waals surface area contributed by atoms with Gasteiger partial charge in [0.1, 0.15) is 0 Å². The highest BCUT2D eigenvalue weighted by Crippen LogP contribution is 2.54. The maximum absolute atomic E-state index is 2.51. The second kappa shape index (κ2) is 11.1. The summed E-state index contributed by atoms with van der Waals surface area (Å²) in [5, 5.41) is 9.42. The van der Waals surface area contributed by atoms with E-state index in [9.17, 15) is 0 Å². The molecule has 0 fully saturated rings. The Bertz CT molecular complexity index is 2900. The average Bonchev–Trinajstić information content (AvgIpc) is 3.69. The highest BCUT2D eigenvalue weighted by Gasteiger charge is 2.37. The first-order chi connectivity index (χ1) is 25.6. The van der Waals surface area contributed by atoms with Crippen LogP contribution < -0.4 is 0 Å². The van der Waals surface area contributed by atoms with Crippen LogP contribution in [0.3, 0.4) is 0 Å². The summed E-state index contributed by atoms with van der Waals surface area (Å²) >= 11 is 1.95. The molecule has 1 heteroatoms. The fraction of sp³-hybridized carbons (Fsp3) is 0.0980. The van der Waals surface area contributed by atoms with E-state index < -0.39 is 0 Å². The lowest BCUT2D eigenvalue weighted by Crippen LogP contribution is -2.15. The Labute approximate surface area is 308 Å². The normalized spacial score (nSPS) is 14.3. The Morgan fingerprint density at radius 3 is 1.77 bits per heavy atom. The van der Waals surface area contributed by atoms with Crippen molar-refractivity contribution < 1.29 is 0 Å². The van der Waals surface area contributed by atoms with Crippen LogP contribution in [0.1, 0.15) is 41.8 Å². The van der Waals surface area contributed by atoms with E-state index in [2.05, 4.69) is 172 Å². The van der Waals surface area contributed by atoms with Gasteiger partial charge in [-0.3, -0.25) is 0 Å².